The van der Waals surface area contributed by atoms with Crippen molar-refractivity contribution >= 4 is 17.2 Å². The van der Waals surface area contributed by atoms with Crippen LogP contribution < -0.4 is 0 Å². The van der Waals surface area contributed by atoms with Crippen LogP contribution in [0.4, 0.5) is 22.0 Å². The predicted molar refractivity (Wildman–Crippen MR) is 72.1 cm³/mol. The summed E-state index contributed by atoms with van der Waals surface area (Å²) >= 11 is 5.97. The fourth-order valence-electron chi connectivity index (χ4n) is 1.89. The van der Waals surface area contributed by atoms with E-state index in [-0.39, 0.29) is 0 Å². The zero-order valence-corrected chi connectivity index (χ0v) is 11.1. The molecule has 2 aromatic carbocycles. The van der Waals surface area contributed by atoms with Crippen molar-refractivity contribution in [1.82, 2.24) is 0 Å². The maximum absolute atomic E-state index is 12.6. The van der Waals surface area contributed by atoms with Gasteiger partial charge in [0.1, 0.15) is 5.57 Å². The Labute approximate surface area is 122 Å². The van der Waals surface area contributed by atoms with Crippen molar-refractivity contribution < 1.29 is 22.0 Å². The second-order valence-corrected chi connectivity index (χ2v) is 4.60. The van der Waals surface area contributed by atoms with Gasteiger partial charge in [0.25, 0.3) is 6.08 Å². The average Bonchev–Trinajstić information content (AvgIpc) is 2.38. The van der Waals surface area contributed by atoms with Crippen LogP contribution in [-0.2, 0) is 0 Å². The Morgan fingerprint density at radius 3 is 1.90 bits per heavy atom. The third-order valence-corrected chi connectivity index (χ3v) is 3.16. The third-order valence-electron chi connectivity index (χ3n) is 2.83. The van der Waals surface area contributed by atoms with Crippen molar-refractivity contribution in [3.05, 3.63) is 65.2 Å². The summed E-state index contributed by atoms with van der Waals surface area (Å²) in [7, 11) is 0. The number of hydrogen-bond acceptors (Lipinski definition) is 0. The molecule has 0 spiro atoms. The first-order valence-corrected chi connectivity index (χ1v) is 6.16. The van der Waals surface area contributed by atoms with Gasteiger partial charge in [-0.25, -0.2) is 0 Å². The summed E-state index contributed by atoms with van der Waals surface area (Å²) in [6.45, 7) is 0. The van der Waals surface area contributed by atoms with Crippen LogP contribution in [0.3, 0.4) is 0 Å². The van der Waals surface area contributed by atoms with Crippen LogP contribution >= 0.6 is 11.6 Å². The molecule has 2 rings (SSSR count). The van der Waals surface area contributed by atoms with Crippen molar-refractivity contribution in [2.75, 3.05) is 0 Å². The SMILES string of the molecule is FC(F)=C(c1ccc(-c2ccccc2Cl)cc1)C(F)(F)F. The van der Waals surface area contributed by atoms with Gasteiger partial charge in [0, 0.05) is 10.6 Å². The van der Waals surface area contributed by atoms with Crippen LogP contribution in [0.25, 0.3) is 16.7 Å². The molecule has 0 unspecified atom stereocenters. The molecule has 0 aliphatic heterocycles. The summed E-state index contributed by atoms with van der Waals surface area (Å²) in [5.74, 6) is 0. The fraction of sp³-hybridized carbons (Fsp3) is 0.0667. The Morgan fingerprint density at radius 2 is 1.43 bits per heavy atom. The highest BCUT2D eigenvalue weighted by Gasteiger charge is 2.38. The van der Waals surface area contributed by atoms with E-state index in [0.29, 0.717) is 16.1 Å². The highest BCUT2D eigenvalue weighted by atomic mass is 35.5. The fourth-order valence-corrected chi connectivity index (χ4v) is 2.14. The van der Waals surface area contributed by atoms with Gasteiger partial charge in [0.15, 0.2) is 0 Å². The van der Waals surface area contributed by atoms with Crippen molar-refractivity contribution in [1.29, 1.82) is 0 Å². The van der Waals surface area contributed by atoms with Crippen molar-refractivity contribution in [3.8, 4) is 11.1 Å². The molecule has 21 heavy (non-hydrogen) atoms. The molecular weight excluding hydrogens is 311 g/mol. The molecule has 0 aliphatic rings. The van der Waals surface area contributed by atoms with E-state index < -0.39 is 23.4 Å². The van der Waals surface area contributed by atoms with E-state index in [0.717, 1.165) is 12.1 Å². The van der Waals surface area contributed by atoms with Gasteiger partial charge in [-0.2, -0.15) is 22.0 Å². The molecule has 0 saturated heterocycles. The molecule has 6 heteroatoms. The van der Waals surface area contributed by atoms with Gasteiger partial charge in [0.05, 0.1) is 0 Å². The normalized spacial score (nSPS) is 11.3. The zero-order chi connectivity index (χ0) is 15.6. The topological polar surface area (TPSA) is 0 Å². The third kappa shape index (κ3) is 3.42. The largest absolute Gasteiger partial charge is 0.422 e. The molecule has 110 valence electrons. The number of halogens is 6. The van der Waals surface area contributed by atoms with E-state index in [1.54, 1.807) is 24.3 Å². The van der Waals surface area contributed by atoms with Crippen LogP contribution in [0.5, 0.6) is 0 Å². The van der Waals surface area contributed by atoms with Crippen molar-refractivity contribution in [2.45, 2.75) is 6.18 Å². The molecule has 0 nitrogen and oxygen atoms in total. The van der Waals surface area contributed by atoms with Crippen LogP contribution in [0, 0.1) is 0 Å². The summed E-state index contributed by atoms with van der Waals surface area (Å²) in [4.78, 5) is 0. The quantitative estimate of drug-likeness (QED) is 0.580. The average molecular weight is 319 g/mol. The molecule has 0 amide bonds. The Hall–Kier alpha value is -1.88. The zero-order valence-electron chi connectivity index (χ0n) is 10.4. The molecule has 0 heterocycles. The Bertz CT molecular complexity index is 667. The highest BCUT2D eigenvalue weighted by Crippen LogP contribution is 2.38. The standard InChI is InChI=1S/C15H8ClF5/c16-12-4-2-1-3-11(12)9-5-7-10(8-6-9)13(14(17)18)15(19,20)21/h1-8H. The lowest BCUT2D eigenvalue weighted by Gasteiger charge is -2.11. The molecule has 0 fully saturated rings. The number of allylic oxidation sites excluding steroid dienone is 1. The first-order valence-electron chi connectivity index (χ1n) is 5.78. The molecule has 0 bridgehead atoms. The van der Waals surface area contributed by atoms with Gasteiger partial charge in [0.2, 0.25) is 0 Å². The van der Waals surface area contributed by atoms with E-state index in [2.05, 4.69) is 0 Å². The predicted octanol–water partition coefficient (Wildman–Crippen LogP) is 6.18. The van der Waals surface area contributed by atoms with Crippen LogP contribution in [0.2, 0.25) is 5.02 Å². The van der Waals surface area contributed by atoms with E-state index in [9.17, 15) is 22.0 Å². The van der Waals surface area contributed by atoms with Gasteiger partial charge >= 0.3 is 6.18 Å². The van der Waals surface area contributed by atoms with Gasteiger partial charge in [-0.15, -0.1) is 0 Å². The molecule has 0 N–H and O–H groups in total. The molecule has 0 atom stereocenters. The Morgan fingerprint density at radius 1 is 0.857 bits per heavy atom. The number of hydrogen-bond donors (Lipinski definition) is 0. The van der Waals surface area contributed by atoms with Gasteiger partial charge in [-0.1, -0.05) is 54.1 Å². The first-order chi connectivity index (χ1) is 9.80. The lowest BCUT2D eigenvalue weighted by molar-refractivity contribution is -0.0711. The minimum atomic E-state index is -5.11. The van der Waals surface area contributed by atoms with Crippen molar-refractivity contribution in [3.63, 3.8) is 0 Å². The Kier molecular flexibility index (Phi) is 4.32. The molecule has 0 aliphatic carbocycles. The Balaban J connectivity index is 2.45. The molecule has 0 radical (unpaired) electrons. The first kappa shape index (κ1) is 15.5. The van der Waals surface area contributed by atoms with Gasteiger partial charge in [-0.05, 0) is 17.2 Å². The van der Waals surface area contributed by atoms with Crippen LogP contribution in [0.1, 0.15) is 5.56 Å². The highest BCUT2D eigenvalue weighted by molar-refractivity contribution is 6.33. The second kappa shape index (κ2) is 5.85. The smallest absolute Gasteiger partial charge is 0.173 e. The maximum Gasteiger partial charge on any atom is 0.422 e. The number of benzene rings is 2. The summed E-state index contributed by atoms with van der Waals surface area (Å²) in [6, 6.07) is 11.4. The summed E-state index contributed by atoms with van der Waals surface area (Å²) in [5.41, 5.74) is -1.35. The van der Waals surface area contributed by atoms with Crippen molar-refractivity contribution in [2.24, 2.45) is 0 Å². The summed E-state index contributed by atoms with van der Waals surface area (Å²) < 4.78 is 62.8. The lowest BCUT2D eigenvalue weighted by Crippen LogP contribution is -2.11. The van der Waals surface area contributed by atoms with Gasteiger partial charge in [-0.3, -0.25) is 0 Å². The minimum Gasteiger partial charge on any atom is -0.173 e. The molecule has 2 aromatic rings. The summed E-state index contributed by atoms with van der Waals surface area (Å²) in [6.07, 6.45) is -7.86. The van der Waals surface area contributed by atoms with E-state index in [1.807, 2.05) is 0 Å². The number of alkyl halides is 3. The number of rotatable bonds is 2. The molecule has 0 saturated carbocycles. The van der Waals surface area contributed by atoms with E-state index in [1.165, 1.54) is 12.1 Å². The molecule has 0 aromatic heterocycles. The second-order valence-electron chi connectivity index (χ2n) is 4.19. The van der Waals surface area contributed by atoms with E-state index in [4.69, 9.17) is 11.6 Å². The lowest BCUT2D eigenvalue weighted by atomic mass is 10.0. The maximum atomic E-state index is 12.6. The van der Waals surface area contributed by atoms with E-state index >= 15 is 0 Å². The summed E-state index contributed by atoms with van der Waals surface area (Å²) in [5, 5.41) is 0.425. The minimum absolute atomic E-state index is 0.425. The molecular formula is C15H8ClF5. The monoisotopic (exact) mass is 318 g/mol. The van der Waals surface area contributed by atoms with Crippen LogP contribution in [-0.4, -0.2) is 6.18 Å². The van der Waals surface area contributed by atoms with Gasteiger partial charge < -0.3 is 0 Å². The van der Waals surface area contributed by atoms with Crippen LogP contribution in [0.15, 0.2) is 54.6 Å².